The lowest BCUT2D eigenvalue weighted by Gasteiger charge is -2.25. The molecule has 1 fully saturated rings. The Morgan fingerprint density at radius 3 is 2.94 bits per heavy atom. The van der Waals surface area contributed by atoms with E-state index in [-0.39, 0.29) is 23.7 Å². The van der Waals surface area contributed by atoms with Gasteiger partial charge in [-0.15, -0.1) is 0 Å². The highest BCUT2D eigenvalue weighted by Gasteiger charge is 2.27. The molecule has 92 valence electrons. The van der Waals surface area contributed by atoms with Gasteiger partial charge in [-0.3, -0.25) is 4.79 Å². The van der Waals surface area contributed by atoms with Crippen LogP contribution in [-0.4, -0.2) is 18.7 Å². The van der Waals surface area contributed by atoms with Crippen molar-refractivity contribution in [2.75, 3.05) is 6.61 Å². The molecule has 0 aromatic heterocycles. The third kappa shape index (κ3) is 3.03. The van der Waals surface area contributed by atoms with Gasteiger partial charge >= 0.3 is 5.97 Å². The predicted octanol–water partition coefficient (Wildman–Crippen LogP) is 2.55. The highest BCUT2D eigenvalue weighted by molar-refractivity contribution is 5.75. The maximum atomic E-state index is 13.3. The summed E-state index contributed by atoms with van der Waals surface area (Å²) in [5.74, 6) is -1.08. The van der Waals surface area contributed by atoms with E-state index in [1.54, 1.807) is 12.1 Å². The third-order valence-corrected chi connectivity index (χ3v) is 2.87. The van der Waals surface area contributed by atoms with E-state index >= 15 is 0 Å². The second kappa shape index (κ2) is 5.27. The van der Waals surface area contributed by atoms with Gasteiger partial charge in [0.1, 0.15) is 0 Å². The minimum atomic E-state index is -0.513. The Balaban J connectivity index is 1.99. The summed E-state index contributed by atoms with van der Waals surface area (Å²) in [4.78, 5) is 11.8. The summed E-state index contributed by atoms with van der Waals surface area (Å²) in [6.07, 6.45) is 1.33. The molecule has 3 nitrogen and oxygen atoms in total. The van der Waals surface area contributed by atoms with Gasteiger partial charge in [-0.2, -0.15) is 0 Å². The lowest BCUT2D eigenvalue weighted by molar-refractivity contribution is -0.144. The van der Waals surface area contributed by atoms with Crippen LogP contribution < -0.4 is 4.74 Å². The largest absolute Gasteiger partial charge is 0.423 e. The molecule has 2 rings (SSSR count). The molecular formula is C13H15FO3. The lowest BCUT2D eigenvalue weighted by atomic mass is 9.96. The molecule has 4 heteroatoms. The molecule has 0 aliphatic carbocycles. The van der Waals surface area contributed by atoms with Gasteiger partial charge in [0, 0.05) is 6.61 Å². The number of para-hydroxylation sites is 1. The Morgan fingerprint density at radius 2 is 2.24 bits per heavy atom. The van der Waals surface area contributed by atoms with Crippen molar-refractivity contribution in [3.05, 3.63) is 30.1 Å². The Hall–Kier alpha value is -1.42. The maximum absolute atomic E-state index is 13.3. The Bertz CT molecular complexity index is 405. The number of benzene rings is 1. The normalized spacial score (nSPS) is 24.4. The first-order valence-electron chi connectivity index (χ1n) is 5.74. The summed E-state index contributed by atoms with van der Waals surface area (Å²) in [5.41, 5.74) is 0. The van der Waals surface area contributed by atoms with E-state index in [4.69, 9.17) is 9.47 Å². The van der Waals surface area contributed by atoms with E-state index in [1.165, 1.54) is 12.1 Å². The van der Waals surface area contributed by atoms with Crippen molar-refractivity contribution in [2.45, 2.75) is 25.9 Å². The number of esters is 1. The molecule has 0 spiro atoms. The number of hydrogen-bond donors (Lipinski definition) is 0. The summed E-state index contributed by atoms with van der Waals surface area (Å²) in [5, 5.41) is 0. The second-order valence-corrected chi connectivity index (χ2v) is 4.25. The molecule has 0 amide bonds. The fourth-order valence-electron chi connectivity index (χ4n) is 1.93. The minimum Gasteiger partial charge on any atom is -0.423 e. The van der Waals surface area contributed by atoms with E-state index in [0.29, 0.717) is 19.4 Å². The van der Waals surface area contributed by atoms with Gasteiger partial charge in [0.25, 0.3) is 0 Å². The monoisotopic (exact) mass is 238 g/mol. The van der Waals surface area contributed by atoms with Gasteiger partial charge in [0.05, 0.1) is 12.0 Å². The Labute approximate surface area is 99.5 Å². The fraction of sp³-hybridized carbons (Fsp3) is 0.462. The summed E-state index contributed by atoms with van der Waals surface area (Å²) >= 11 is 0. The molecule has 2 atom stereocenters. The van der Waals surface area contributed by atoms with Crippen LogP contribution in [0.3, 0.4) is 0 Å². The molecule has 1 heterocycles. The number of halogens is 1. The predicted molar refractivity (Wildman–Crippen MR) is 60.2 cm³/mol. The maximum Gasteiger partial charge on any atom is 0.314 e. The standard InChI is InChI=1S/C13H15FO3/c1-9-8-10(6-7-16-9)13(15)17-12-5-3-2-4-11(12)14/h2-5,9-10H,6-8H2,1H3. The molecule has 1 aromatic rings. The van der Waals surface area contributed by atoms with Crippen molar-refractivity contribution < 1.29 is 18.7 Å². The number of ether oxygens (including phenoxy) is 2. The molecular weight excluding hydrogens is 223 g/mol. The van der Waals surface area contributed by atoms with Crippen LogP contribution >= 0.6 is 0 Å². The number of carbonyl (C=O) groups excluding carboxylic acids is 1. The molecule has 0 bridgehead atoms. The highest BCUT2D eigenvalue weighted by atomic mass is 19.1. The van der Waals surface area contributed by atoms with Crippen LogP contribution in [0.15, 0.2) is 24.3 Å². The van der Waals surface area contributed by atoms with Crippen molar-refractivity contribution in [1.29, 1.82) is 0 Å². The SMILES string of the molecule is CC1CC(C(=O)Oc2ccccc2F)CCO1. The summed E-state index contributed by atoms with van der Waals surface area (Å²) in [7, 11) is 0. The van der Waals surface area contributed by atoms with Crippen molar-refractivity contribution >= 4 is 5.97 Å². The minimum absolute atomic E-state index is 0.00311. The highest BCUT2D eigenvalue weighted by Crippen LogP contribution is 2.23. The first kappa shape index (κ1) is 12.0. The van der Waals surface area contributed by atoms with Crippen LogP contribution in [0.5, 0.6) is 5.75 Å². The molecule has 1 saturated heterocycles. The second-order valence-electron chi connectivity index (χ2n) is 4.25. The van der Waals surface area contributed by atoms with Gasteiger partial charge in [-0.25, -0.2) is 4.39 Å². The zero-order chi connectivity index (χ0) is 12.3. The van der Waals surface area contributed by atoms with Gasteiger partial charge in [-0.05, 0) is 31.9 Å². The summed E-state index contributed by atoms with van der Waals surface area (Å²) < 4.78 is 23.7. The van der Waals surface area contributed by atoms with Gasteiger partial charge in [0.15, 0.2) is 11.6 Å². The first-order valence-corrected chi connectivity index (χ1v) is 5.74. The van der Waals surface area contributed by atoms with E-state index in [2.05, 4.69) is 0 Å². The van der Waals surface area contributed by atoms with Crippen LogP contribution in [-0.2, 0) is 9.53 Å². The van der Waals surface area contributed by atoms with Crippen molar-refractivity contribution in [3.8, 4) is 5.75 Å². The Kier molecular flexibility index (Phi) is 3.74. The molecule has 0 N–H and O–H groups in total. The average Bonchev–Trinajstić information content (AvgIpc) is 2.32. The van der Waals surface area contributed by atoms with Crippen LogP contribution in [0.2, 0.25) is 0 Å². The summed E-state index contributed by atoms with van der Waals surface area (Å²) in [6.45, 7) is 2.47. The molecule has 2 unspecified atom stereocenters. The van der Waals surface area contributed by atoms with Gasteiger partial charge in [0.2, 0.25) is 0 Å². The zero-order valence-corrected chi connectivity index (χ0v) is 9.69. The van der Waals surface area contributed by atoms with E-state index in [9.17, 15) is 9.18 Å². The first-order chi connectivity index (χ1) is 8.16. The zero-order valence-electron chi connectivity index (χ0n) is 9.69. The number of hydrogen-bond acceptors (Lipinski definition) is 3. The van der Waals surface area contributed by atoms with Crippen LogP contribution in [0, 0.1) is 11.7 Å². The van der Waals surface area contributed by atoms with Crippen LogP contribution in [0.1, 0.15) is 19.8 Å². The molecule has 1 aliphatic heterocycles. The van der Waals surface area contributed by atoms with Crippen molar-refractivity contribution in [1.82, 2.24) is 0 Å². The molecule has 1 aromatic carbocycles. The van der Waals surface area contributed by atoms with E-state index in [1.807, 2.05) is 6.92 Å². The van der Waals surface area contributed by atoms with Crippen LogP contribution in [0.4, 0.5) is 4.39 Å². The van der Waals surface area contributed by atoms with Crippen LogP contribution in [0.25, 0.3) is 0 Å². The fourth-order valence-corrected chi connectivity index (χ4v) is 1.93. The average molecular weight is 238 g/mol. The van der Waals surface area contributed by atoms with E-state index in [0.717, 1.165) is 0 Å². The smallest absolute Gasteiger partial charge is 0.314 e. The molecule has 17 heavy (non-hydrogen) atoms. The van der Waals surface area contributed by atoms with Gasteiger partial charge in [-0.1, -0.05) is 12.1 Å². The number of rotatable bonds is 2. The Morgan fingerprint density at radius 1 is 1.47 bits per heavy atom. The quantitative estimate of drug-likeness (QED) is 0.586. The molecule has 0 saturated carbocycles. The molecule has 0 radical (unpaired) electrons. The molecule has 1 aliphatic rings. The summed E-state index contributed by atoms with van der Waals surface area (Å²) in [6, 6.07) is 5.92. The van der Waals surface area contributed by atoms with Crippen molar-refractivity contribution in [2.24, 2.45) is 5.92 Å². The topological polar surface area (TPSA) is 35.5 Å². The van der Waals surface area contributed by atoms with Gasteiger partial charge < -0.3 is 9.47 Å². The number of carbonyl (C=O) groups is 1. The lowest BCUT2D eigenvalue weighted by Crippen LogP contribution is -2.31. The van der Waals surface area contributed by atoms with E-state index < -0.39 is 5.82 Å². The van der Waals surface area contributed by atoms with Crippen molar-refractivity contribution in [3.63, 3.8) is 0 Å². The third-order valence-electron chi connectivity index (χ3n) is 2.87.